The minimum absolute atomic E-state index is 0.203. The third-order valence-electron chi connectivity index (χ3n) is 4.62. The van der Waals surface area contributed by atoms with Crippen LogP contribution in [-0.4, -0.2) is 50.6 Å². The lowest BCUT2D eigenvalue weighted by atomic mass is 10.2. The van der Waals surface area contributed by atoms with Crippen LogP contribution in [-0.2, 0) is 19.1 Å². The molecule has 0 N–H and O–H groups in total. The van der Waals surface area contributed by atoms with E-state index in [1.807, 2.05) is 44.2 Å². The van der Waals surface area contributed by atoms with Crippen LogP contribution in [0.4, 0.5) is 0 Å². The molecule has 32 heavy (non-hydrogen) atoms. The Hall–Kier alpha value is -3.42. The maximum Gasteiger partial charge on any atom is 0.350 e. The molecule has 2 aliphatic rings. The molecule has 0 spiro atoms. The summed E-state index contributed by atoms with van der Waals surface area (Å²) >= 11 is 0. The van der Waals surface area contributed by atoms with Gasteiger partial charge in [-0.05, 0) is 63.1 Å². The molecule has 2 atom stereocenters. The highest BCUT2D eigenvalue weighted by Gasteiger charge is 2.29. The summed E-state index contributed by atoms with van der Waals surface area (Å²) in [5.41, 5.74) is 2.16. The number of carbonyl (C=O) groups is 2. The van der Waals surface area contributed by atoms with Gasteiger partial charge in [0.05, 0.1) is 13.2 Å². The van der Waals surface area contributed by atoms with Gasteiger partial charge in [-0.1, -0.05) is 12.1 Å². The Bertz CT molecular complexity index is 955. The Morgan fingerprint density at radius 1 is 0.750 bits per heavy atom. The molecular formula is C24H28O8. The average molecular weight is 444 g/mol. The largest absolute Gasteiger partial charge is 0.485 e. The van der Waals surface area contributed by atoms with Crippen molar-refractivity contribution in [2.75, 3.05) is 26.4 Å². The predicted molar refractivity (Wildman–Crippen MR) is 115 cm³/mol. The first-order chi connectivity index (χ1) is 15.4. The van der Waals surface area contributed by atoms with Crippen LogP contribution < -0.4 is 18.9 Å². The van der Waals surface area contributed by atoms with Crippen molar-refractivity contribution in [3.8, 4) is 23.0 Å². The second kappa shape index (κ2) is 10.7. The number of esters is 2. The normalized spacial score (nSPS) is 18.0. The van der Waals surface area contributed by atoms with Gasteiger partial charge in [0.2, 0.25) is 12.2 Å². The van der Waals surface area contributed by atoms with E-state index in [1.165, 1.54) is 0 Å². The zero-order chi connectivity index (χ0) is 23.1. The van der Waals surface area contributed by atoms with Gasteiger partial charge in [0.15, 0.2) is 23.0 Å². The molecule has 2 aromatic rings. The molecule has 2 unspecified atom stereocenters. The number of rotatable bonds is 4. The Morgan fingerprint density at radius 2 is 1.22 bits per heavy atom. The number of carbonyl (C=O) groups excluding carboxylic acids is 2. The fraction of sp³-hybridized carbons (Fsp3) is 0.417. The second-order valence-corrected chi connectivity index (χ2v) is 7.24. The molecule has 0 aromatic heterocycles. The van der Waals surface area contributed by atoms with Crippen molar-refractivity contribution in [2.24, 2.45) is 0 Å². The van der Waals surface area contributed by atoms with Gasteiger partial charge < -0.3 is 28.4 Å². The number of aryl methyl sites for hydroxylation is 2. The van der Waals surface area contributed by atoms with E-state index in [0.717, 1.165) is 11.1 Å². The topological polar surface area (TPSA) is 89.5 Å². The number of benzene rings is 2. The summed E-state index contributed by atoms with van der Waals surface area (Å²) in [5, 5.41) is 0. The highest BCUT2D eigenvalue weighted by molar-refractivity contribution is 5.76. The Labute approximate surface area is 187 Å². The monoisotopic (exact) mass is 444 g/mol. The summed E-state index contributed by atoms with van der Waals surface area (Å²) in [7, 11) is 0. The molecule has 0 aliphatic carbocycles. The lowest BCUT2D eigenvalue weighted by Crippen LogP contribution is -2.37. The second-order valence-electron chi connectivity index (χ2n) is 7.24. The van der Waals surface area contributed by atoms with Crippen molar-refractivity contribution >= 4 is 11.9 Å². The van der Waals surface area contributed by atoms with E-state index in [2.05, 4.69) is 0 Å². The zero-order valence-corrected chi connectivity index (χ0v) is 18.7. The van der Waals surface area contributed by atoms with Gasteiger partial charge in [0, 0.05) is 0 Å². The van der Waals surface area contributed by atoms with Gasteiger partial charge >= 0.3 is 11.9 Å². The van der Waals surface area contributed by atoms with Crippen LogP contribution in [0, 0.1) is 13.8 Å². The maximum absolute atomic E-state index is 11.5. The molecule has 8 nitrogen and oxygen atoms in total. The summed E-state index contributed by atoms with van der Waals surface area (Å²) in [6, 6.07) is 11.2. The number of hydrogen-bond acceptors (Lipinski definition) is 8. The number of hydrogen-bond donors (Lipinski definition) is 0. The van der Waals surface area contributed by atoms with Crippen molar-refractivity contribution in [1.29, 1.82) is 0 Å². The SMILES string of the molecule is CCOC(=O)C1COc2cc(C)ccc2O1.CCOC(=O)C1COc2ccc(C)cc2O1. The molecule has 0 amide bonds. The predicted octanol–water partition coefficient (Wildman–Crippen LogP) is 3.40. The summed E-state index contributed by atoms with van der Waals surface area (Å²) < 4.78 is 31.7. The van der Waals surface area contributed by atoms with E-state index in [1.54, 1.807) is 19.9 Å². The van der Waals surface area contributed by atoms with Crippen molar-refractivity contribution in [2.45, 2.75) is 39.9 Å². The van der Waals surface area contributed by atoms with Crippen LogP contribution in [0.5, 0.6) is 23.0 Å². The first-order valence-electron chi connectivity index (χ1n) is 10.5. The number of ether oxygens (including phenoxy) is 6. The van der Waals surface area contributed by atoms with E-state index >= 15 is 0 Å². The first-order valence-corrected chi connectivity index (χ1v) is 10.5. The van der Waals surface area contributed by atoms with Gasteiger partial charge in [-0.15, -0.1) is 0 Å². The average Bonchev–Trinajstić information content (AvgIpc) is 2.79. The zero-order valence-electron chi connectivity index (χ0n) is 18.7. The third kappa shape index (κ3) is 5.84. The fourth-order valence-electron chi connectivity index (χ4n) is 3.06. The molecule has 0 bridgehead atoms. The van der Waals surface area contributed by atoms with E-state index in [-0.39, 0.29) is 25.2 Å². The van der Waals surface area contributed by atoms with Gasteiger partial charge in [-0.2, -0.15) is 0 Å². The molecule has 172 valence electrons. The summed E-state index contributed by atoms with van der Waals surface area (Å²) in [5.74, 6) is 1.79. The van der Waals surface area contributed by atoms with E-state index in [0.29, 0.717) is 36.2 Å². The first kappa shape index (κ1) is 23.2. The van der Waals surface area contributed by atoms with Crippen molar-refractivity contribution < 1.29 is 38.0 Å². The standard InChI is InChI=1S/2C12H14O4/c1-3-14-12(13)11-7-15-10-6-8(2)4-5-9(10)16-11;1-3-14-12(13)11-7-15-9-5-4-8(2)6-10(9)16-11/h2*4-6,11H,3,7H2,1-2H3. The van der Waals surface area contributed by atoms with Gasteiger partial charge in [0.25, 0.3) is 0 Å². The molecule has 0 radical (unpaired) electrons. The number of fused-ring (bicyclic) bond motifs is 2. The summed E-state index contributed by atoms with van der Waals surface area (Å²) in [6.07, 6.45) is -1.32. The van der Waals surface area contributed by atoms with Gasteiger partial charge in [-0.3, -0.25) is 0 Å². The van der Waals surface area contributed by atoms with Crippen LogP contribution in [0.1, 0.15) is 25.0 Å². The molecule has 0 fully saturated rings. The van der Waals surface area contributed by atoms with Crippen LogP contribution in [0.2, 0.25) is 0 Å². The summed E-state index contributed by atoms with van der Waals surface area (Å²) in [6.45, 7) is 8.56. The molecule has 2 aromatic carbocycles. The quantitative estimate of drug-likeness (QED) is 0.663. The Morgan fingerprint density at radius 3 is 1.78 bits per heavy atom. The lowest BCUT2D eigenvalue weighted by Gasteiger charge is -2.25. The molecule has 8 heteroatoms. The molecule has 2 aliphatic heterocycles. The highest BCUT2D eigenvalue weighted by atomic mass is 16.6. The Kier molecular flexibility index (Phi) is 7.81. The highest BCUT2D eigenvalue weighted by Crippen LogP contribution is 2.33. The fourth-order valence-corrected chi connectivity index (χ4v) is 3.06. The minimum Gasteiger partial charge on any atom is -0.485 e. The van der Waals surface area contributed by atoms with Crippen molar-refractivity contribution in [3.63, 3.8) is 0 Å². The van der Waals surface area contributed by atoms with Gasteiger partial charge in [0.1, 0.15) is 13.2 Å². The molecule has 0 saturated heterocycles. The van der Waals surface area contributed by atoms with E-state index in [9.17, 15) is 9.59 Å². The minimum atomic E-state index is -0.658. The van der Waals surface area contributed by atoms with Crippen LogP contribution in [0.15, 0.2) is 36.4 Å². The third-order valence-corrected chi connectivity index (χ3v) is 4.62. The van der Waals surface area contributed by atoms with Crippen LogP contribution in [0.25, 0.3) is 0 Å². The lowest BCUT2D eigenvalue weighted by molar-refractivity contribution is -0.154. The van der Waals surface area contributed by atoms with E-state index in [4.69, 9.17) is 28.4 Å². The maximum atomic E-state index is 11.5. The van der Waals surface area contributed by atoms with E-state index < -0.39 is 12.2 Å². The van der Waals surface area contributed by atoms with Crippen molar-refractivity contribution in [1.82, 2.24) is 0 Å². The van der Waals surface area contributed by atoms with Gasteiger partial charge in [-0.25, -0.2) is 9.59 Å². The summed E-state index contributed by atoms with van der Waals surface area (Å²) in [4.78, 5) is 22.9. The molecule has 0 saturated carbocycles. The smallest absolute Gasteiger partial charge is 0.350 e. The van der Waals surface area contributed by atoms with Crippen LogP contribution >= 0.6 is 0 Å². The van der Waals surface area contributed by atoms with Crippen molar-refractivity contribution in [3.05, 3.63) is 47.5 Å². The molecular weight excluding hydrogens is 416 g/mol. The Balaban J connectivity index is 0.000000181. The van der Waals surface area contributed by atoms with Crippen LogP contribution in [0.3, 0.4) is 0 Å². The molecule has 2 heterocycles. The molecule has 4 rings (SSSR count).